The molecule has 2 heterocycles. The second-order valence-electron chi connectivity index (χ2n) is 5.34. The number of hydrazine groups is 1. The molecule has 0 aliphatic heterocycles. The summed E-state index contributed by atoms with van der Waals surface area (Å²) in [6, 6.07) is 4.30. The molecule has 1 aliphatic carbocycles. The lowest BCUT2D eigenvalue weighted by Crippen LogP contribution is -2.40. The van der Waals surface area contributed by atoms with Gasteiger partial charge in [-0.25, -0.2) is 9.97 Å². The summed E-state index contributed by atoms with van der Waals surface area (Å²) in [6.07, 6.45) is 5.82. The van der Waals surface area contributed by atoms with Gasteiger partial charge in [-0.15, -0.1) is 0 Å². The summed E-state index contributed by atoms with van der Waals surface area (Å²) in [6.45, 7) is 3.95. The summed E-state index contributed by atoms with van der Waals surface area (Å²) < 4.78 is 0. The molecule has 0 radical (unpaired) electrons. The predicted molar refractivity (Wildman–Crippen MR) is 90.3 cm³/mol. The van der Waals surface area contributed by atoms with E-state index in [2.05, 4.69) is 31.1 Å². The van der Waals surface area contributed by atoms with E-state index in [1.807, 2.05) is 26.0 Å². The molecule has 3 N–H and O–H groups in total. The Labute approximate surface area is 134 Å². The Bertz CT molecular complexity index is 684. The van der Waals surface area contributed by atoms with Gasteiger partial charge in [-0.05, 0) is 51.0 Å². The topological polar surface area (TPSA) is 74.8 Å². The fourth-order valence-corrected chi connectivity index (χ4v) is 2.16. The first-order chi connectivity index (χ1) is 10.6. The van der Waals surface area contributed by atoms with Crippen molar-refractivity contribution in [3.8, 4) is 11.4 Å². The first-order valence-corrected chi connectivity index (χ1v) is 7.62. The van der Waals surface area contributed by atoms with E-state index in [1.165, 1.54) is 12.8 Å². The highest BCUT2D eigenvalue weighted by molar-refractivity contribution is 7.80. The number of thiocarbonyl (C=S) groups is 1. The average Bonchev–Trinajstić information content (AvgIpc) is 3.33. The van der Waals surface area contributed by atoms with Crippen molar-refractivity contribution in [2.45, 2.75) is 32.7 Å². The molecule has 0 saturated heterocycles. The zero-order chi connectivity index (χ0) is 15.5. The zero-order valence-corrected chi connectivity index (χ0v) is 13.4. The summed E-state index contributed by atoms with van der Waals surface area (Å²) >= 11 is 5.24. The number of nitrogens with one attached hydrogen (secondary N) is 3. The van der Waals surface area contributed by atoms with Crippen LogP contribution in [0.5, 0.6) is 0 Å². The van der Waals surface area contributed by atoms with Crippen LogP contribution in [0.25, 0.3) is 11.4 Å². The van der Waals surface area contributed by atoms with E-state index >= 15 is 0 Å². The molecule has 0 bridgehead atoms. The highest BCUT2D eigenvalue weighted by Crippen LogP contribution is 2.21. The Morgan fingerprint density at radius 3 is 2.59 bits per heavy atom. The van der Waals surface area contributed by atoms with Crippen LogP contribution >= 0.6 is 12.2 Å². The van der Waals surface area contributed by atoms with Gasteiger partial charge in [-0.1, -0.05) is 0 Å². The summed E-state index contributed by atoms with van der Waals surface area (Å²) in [4.78, 5) is 13.1. The van der Waals surface area contributed by atoms with Crippen LogP contribution in [-0.2, 0) is 0 Å². The minimum atomic E-state index is 0.516. The van der Waals surface area contributed by atoms with E-state index in [0.717, 1.165) is 22.6 Å². The van der Waals surface area contributed by atoms with Gasteiger partial charge in [-0.3, -0.25) is 15.8 Å². The highest BCUT2D eigenvalue weighted by Gasteiger charge is 2.21. The number of anilines is 1. The van der Waals surface area contributed by atoms with E-state index in [4.69, 9.17) is 12.2 Å². The zero-order valence-electron chi connectivity index (χ0n) is 12.6. The van der Waals surface area contributed by atoms with Crippen LogP contribution in [-0.4, -0.2) is 26.1 Å². The number of rotatable bonds is 4. The van der Waals surface area contributed by atoms with Crippen LogP contribution in [0.15, 0.2) is 24.5 Å². The lowest BCUT2D eigenvalue weighted by atomic mass is 10.2. The standard InChI is InChI=1S/C15H18N6S/c1-9-10(2)17-14(11-5-7-16-8-6-11)19-13(9)20-21-15(22)18-12-3-4-12/h5-8,12H,3-4H2,1-2H3,(H,17,19,20)(H2,18,21,22). The Morgan fingerprint density at radius 1 is 1.18 bits per heavy atom. The smallest absolute Gasteiger partial charge is 0.185 e. The average molecular weight is 314 g/mol. The molecule has 3 rings (SSSR count). The number of hydrogen-bond acceptors (Lipinski definition) is 5. The van der Waals surface area contributed by atoms with Gasteiger partial charge in [0.25, 0.3) is 0 Å². The van der Waals surface area contributed by atoms with Gasteiger partial charge in [0.1, 0.15) is 0 Å². The Hall–Kier alpha value is -2.28. The third-order valence-electron chi connectivity index (χ3n) is 3.53. The number of aryl methyl sites for hydroxylation is 1. The predicted octanol–water partition coefficient (Wildman–Crippen LogP) is 2.11. The number of aromatic nitrogens is 3. The van der Waals surface area contributed by atoms with Crippen molar-refractivity contribution in [1.29, 1.82) is 0 Å². The molecule has 1 fully saturated rings. The monoisotopic (exact) mass is 314 g/mol. The van der Waals surface area contributed by atoms with Crippen LogP contribution < -0.4 is 16.2 Å². The summed E-state index contributed by atoms with van der Waals surface area (Å²) in [5.74, 6) is 1.38. The molecule has 2 aromatic heterocycles. The van der Waals surface area contributed by atoms with E-state index in [0.29, 0.717) is 17.0 Å². The van der Waals surface area contributed by atoms with Gasteiger partial charge < -0.3 is 5.32 Å². The summed E-state index contributed by atoms with van der Waals surface area (Å²) in [7, 11) is 0. The van der Waals surface area contributed by atoms with Gasteiger partial charge in [0.2, 0.25) is 0 Å². The van der Waals surface area contributed by atoms with Gasteiger partial charge >= 0.3 is 0 Å². The molecular formula is C15H18N6S. The van der Waals surface area contributed by atoms with Crippen LogP contribution in [0.3, 0.4) is 0 Å². The largest absolute Gasteiger partial charge is 0.359 e. The van der Waals surface area contributed by atoms with E-state index in [1.54, 1.807) is 12.4 Å². The van der Waals surface area contributed by atoms with Crippen LogP contribution in [0.4, 0.5) is 5.82 Å². The van der Waals surface area contributed by atoms with E-state index in [-0.39, 0.29) is 0 Å². The Morgan fingerprint density at radius 2 is 1.91 bits per heavy atom. The molecule has 0 spiro atoms. The second-order valence-corrected chi connectivity index (χ2v) is 5.75. The van der Waals surface area contributed by atoms with Gasteiger partial charge in [0.05, 0.1) is 0 Å². The molecule has 7 heteroatoms. The number of pyridine rings is 1. The first-order valence-electron chi connectivity index (χ1n) is 7.21. The minimum Gasteiger partial charge on any atom is -0.359 e. The fourth-order valence-electron chi connectivity index (χ4n) is 1.95. The molecule has 114 valence electrons. The van der Waals surface area contributed by atoms with Crippen molar-refractivity contribution in [2.75, 3.05) is 5.43 Å². The molecule has 1 saturated carbocycles. The summed E-state index contributed by atoms with van der Waals surface area (Å²) in [5.41, 5.74) is 8.90. The minimum absolute atomic E-state index is 0.516. The molecular weight excluding hydrogens is 296 g/mol. The number of hydrogen-bond donors (Lipinski definition) is 3. The van der Waals surface area contributed by atoms with Gasteiger partial charge in [0.15, 0.2) is 16.8 Å². The number of nitrogens with zero attached hydrogens (tertiary/aromatic N) is 3. The van der Waals surface area contributed by atoms with Crippen LogP contribution in [0, 0.1) is 13.8 Å². The maximum atomic E-state index is 5.24. The van der Waals surface area contributed by atoms with E-state index in [9.17, 15) is 0 Å². The molecule has 2 aromatic rings. The highest BCUT2D eigenvalue weighted by atomic mass is 32.1. The molecule has 22 heavy (non-hydrogen) atoms. The van der Waals surface area contributed by atoms with Gasteiger partial charge in [-0.2, -0.15) is 0 Å². The lowest BCUT2D eigenvalue weighted by molar-refractivity contribution is 0.875. The normalized spacial score (nSPS) is 13.5. The first kappa shape index (κ1) is 14.6. The van der Waals surface area contributed by atoms with Crippen LogP contribution in [0.1, 0.15) is 24.1 Å². The van der Waals surface area contributed by atoms with Crippen molar-refractivity contribution in [2.24, 2.45) is 0 Å². The van der Waals surface area contributed by atoms with Crippen molar-refractivity contribution >= 4 is 23.1 Å². The third-order valence-corrected chi connectivity index (χ3v) is 3.75. The van der Waals surface area contributed by atoms with Gasteiger partial charge in [0, 0.05) is 35.3 Å². The van der Waals surface area contributed by atoms with Crippen molar-refractivity contribution < 1.29 is 0 Å². The van der Waals surface area contributed by atoms with Crippen LogP contribution in [0.2, 0.25) is 0 Å². The van der Waals surface area contributed by atoms with Crippen molar-refractivity contribution in [1.82, 2.24) is 25.7 Å². The maximum Gasteiger partial charge on any atom is 0.185 e. The Kier molecular flexibility index (Phi) is 4.15. The molecule has 0 unspecified atom stereocenters. The molecule has 1 aliphatic rings. The third kappa shape index (κ3) is 3.48. The second kappa shape index (κ2) is 6.23. The molecule has 6 nitrogen and oxygen atoms in total. The molecule has 0 amide bonds. The van der Waals surface area contributed by atoms with Crippen molar-refractivity contribution in [3.63, 3.8) is 0 Å². The fraction of sp³-hybridized carbons (Fsp3) is 0.333. The maximum absolute atomic E-state index is 5.24. The molecule has 0 aromatic carbocycles. The van der Waals surface area contributed by atoms with E-state index < -0.39 is 0 Å². The van der Waals surface area contributed by atoms with Crippen molar-refractivity contribution in [3.05, 3.63) is 35.8 Å². The lowest BCUT2D eigenvalue weighted by Gasteiger charge is -2.15. The SMILES string of the molecule is Cc1nc(-c2ccncc2)nc(NNC(=S)NC2CC2)c1C. The quantitative estimate of drug-likeness (QED) is 0.589. The summed E-state index contributed by atoms with van der Waals surface area (Å²) in [5, 5.41) is 3.80. The molecule has 0 atom stereocenters. The Balaban J connectivity index is 1.77.